The summed E-state index contributed by atoms with van der Waals surface area (Å²) >= 11 is 5.76. The maximum Gasteiger partial charge on any atom is 0.141 e. The largest absolute Gasteiger partial charge is 0.382 e. The van der Waals surface area contributed by atoms with Crippen LogP contribution in [0.1, 0.15) is 25.7 Å². The van der Waals surface area contributed by atoms with Crippen molar-refractivity contribution >= 4 is 17.3 Å². The Bertz CT molecular complexity index is 384. The highest BCUT2D eigenvalue weighted by molar-refractivity contribution is 6.31. The van der Waals surface area contributed by atoms with E-state index in [-0.39, 0.29) is 10.8 Å². The van der Waals surface area contributed by atoms with Crippen LogP contribution in [0.3, 0.4) is 0 Å². The van der Waals surface area contributed by atoms with Crippen molar-refractivity contribution in [3.8, 4) is 0 Å². The molecule has 0 aromatic heterocycles. The van der Waals surface area contributed by atoms with Crippen molar-refractivity contribution < 1.29 is 4.39 Å². The Kier molecular flexibility index (Phi) is 4.24. The molecule has 0 amide bonds. The van der Waals surface area contributed by atoms with Gasteiger partial charge in [-0.3, -0.25) is 0 Å². The summed E-state index contributed by atoms with van der Waals surface area (Å²) in [6.07, 6.45) is 4.77. The van der Waals surface area contributed by atoms with E-state index in [1.807, 2.05) is 0 Å². The molecule has 94 valence electrons. The number of benzene rings is 1. The minimum Gasteiger partial charge on any atom is -0.382 e. The van der Waals surface area contributed by atoms with Crippen LogP contribution in [0.25, 0.3) is 0 Å². The van der Waals surface area contributed by atoms with Gasteiger partial charge in [-0.2, -0.15) is 0 Å². The number of anilines is 1. The summed E-state index contributed by atoms with van der Waals surface area (Å²) in [4.78, 5) is 0. The molecule has 4 heteroatoms. The molecule has 1 aliphatic carbocycles. The van der Waals surface area contributed by atoms with E-state index in [2.05, 4.69) is 5.32 Å². The molecule has 17 heavy (non-hydrogen) atoms. The molecule has 0 saturated heterocycles. The Morgan fingerprint density at radius 3 is 2.82 bits per heavy atom. The van der Waals surface area contributed by atoms with Gasteiger partial charge in [0.05, 0.1) is 5.02 Å². The highest BCUT2D eigenvalue weighted by Crippen LogP contribution is 2.28. The van der Waals surface area contributed by atoms with Crippen molar-refractivity contribution in [2.45, 2.75) is 31.7 Å². The molecule has 0 spiro atoms. The van der Waals surface area contributed by atoms with Crippen LogP contribution in [0.15, 0.2) is 18.2 Å². The van der Waals surface area contributed by atoms with Crippen LogP contribution >= 0.6 is 11.6 Å². The Balaban J connectivity index is 2.05. The summed E-state index contributed by atoms with van der Waals surface area (Å²) in [6, 6.07) is 5.14. The third-order valence-electron chi connectivity index (χ3n) is 3.48. The van der Waals surface area contributed by atoms with Gasteiger partial charge in [-0.05, 0) is 43.5 Å². The first kappa shape index (κ1) is 12.7. The SMILES string of the molecule is NCC1CCCCC1Nc1ccc(F)c(Cl)c1. The lowest BCUT2D eigenvalue weighted by atomic mass is 9.84. The standard InChI is InChI=1S/C13H18ClFN2/c14-11-7-10(5-6-12(11)15)17-13-4-2-1-3-9(13)8-16/h5-7,9,13,17H,1-4,8,16H2. The maximum absolute atomic E-state index is 13.0. The van der Waals surface area contributed by atoms with Crippen LogP contribution < -0.4 is 11.1 Å². The van der Waals surface area contributed by atoms with E-state index in [1.165, 1.54) is 25.3 Å². The molecule has 1 fully saturated rings. The molecule has 1 aromatic rings. The van der Waals surface area contributed by atoms with Gasteiger partial charge in [0, 0.05) is 11.7 Å². The van der Waals surface area contributed by atoms with E-state index in [9.17, 15) is 4.39 Å². The van der Waals surface area contributed by atoms with E-state index < -0.39 is 0 Å². The number of hydrogen-bond acceptors (Lipinski definition) is 2. The molecule has 2 rings (SSSR count). The molecule has 1 saturated carbocycles. The Labute approximate surface area is 106 Å². The highest BCUT2D eigenvalue weighted by atomic mass is 35.5. The third kappa shape index (κ3) is 3.11. The van der Waals surface area contributed by atoms with E-state index in [0.29, 0.717) is 18.5 Å². The first-order valence-electron chi connectivity index (χ1n) is 6.12. The second-order valence-corrected chi connectivity index (χ2v) is 5.07. The average Bonchev–Trinajstić information content (AvgIpc) is 2.34. The lowest BCUT2D eigenvalue weighted by molar-refractivity contribution is 0.332. The van der Waals surface area contributed by atoms with Crippen LogP contribution in [0.2, 0.25) is 5.02 Å². The quantitative estimate of drug-likeness (QED) is 0.870. The van der Waals surface area contributed by atoms with Crippen molar-refractivity contribution in [1.82, 2.24) is 0 Å². The molecule has 3 N–H and O–H groups in total. The molecule has 2 atom stereocenters. The molecule has 2 unspecified atom stereocenters. The first-order chi connectivity index (χ1) is 8.20. The topological polar surface area (TPSA) is 38.0 Å². The summed E-state index contributed by atoms with van der Waals surface area (Å²) in [5.41, 5.74) is 6.65. The summed E-state index contributed by atoms with van der Waals surface area (Å²) < 4.78 is 13.0. The van der Waals surface area contributed by atoms with Gasteiger partial charge in [0.2, 0.25) is 0 Å². The lowest BCUT2D eigenvalue weighted by Gasteiger charge is -2.32. The van der Waals surface area contributed by atoms with Crippen molar-refractivity contribution in [3.05, 3.63) is 29.0 Å². The Hall–Kier alpha value is -0.800. The zero-order chi connectivity index (χ0) is 12.3. The van der Waals surface area contributed by atoms with Gasteiger partial charge in [0.15, 0.2) is 0 Å². The van der Waals surface area contributed by atoms with Gasteiger partial charge in [0.25, 0.3) is 0 Å². The second kappa shape index (κ2) is 5.69. The summed E-state index contributed by atoms with van der Waals surface area (Å²) in [6.45, 7) is 0.701. The Morgan fingerprint density at radius 2 is 2.12 bits per heavy atom. The predicted molar refractivity (Wildman–Crippen MR) is 69.8 cm³/mol. The van der Waals surface area contributed by atoms with Crippen molar-refractivity contribution in [2.24, 2.45) is 11.7 Å². The summed E-state index contributed by atoms with van der Waals surface area (Å²) in [5.74, 6) is 0.129. The van der Waals surface area contributed by atoms with Crippen LogP contribution in [-0.4, -0.2) is 12.6 Å². The van der Waals surface area contributed by atoms with E-state index in [4.69, 9.17) is 17.3 Å². The van der Waals surface area contributed by atoms with Crippen molar-refractivity contribution in [1.29, 1.82) is 0 Å². The molecule has 1 aliphatic rings. The van der Waals surface area contributed by atoms with Crippen LogP contribution in [0.5, 0.6) is 0 Å². The monoisotopic (exact) mass is 256 g/mol. The van der Waals surface area contributed by atoms with Crippen LogP contribution in [0, 0.1) is 11.7 Å². The molecular formula is C13H18ClFN2. The second-order valence-electron chi connectivity index (χ2n) is 4.66. The minimum absolute atomic E-state index is 0.162. The molecule has 0 radical (unpaired) electrons. The highest BCUT2D eigenvalue weighted by Gasteiger charge is 2.23. The summed E-state index contributed by atoms with van der Waals surface area (Å²) in [5, 5.41) is 3.58. The average molecular weight is 257 g/mol. The van der Waals surface area contributed by atoms with Gasteiger partial charge in [0.1, 0.15) is 5.82 Å². The summed E-state index contributed by atoms with van der Waals surface area (Å²) in [7, 11) is 0. The molecule has 0 aliphatic heterocycles. The van der Waals surface area contributed by atoms with Crippen LogP contribution in [0.4, 0.5) is 10.1 Å². The fourth-order valence-electron chi connectivity index (χ4n) is 2.48. The minimum atomic E-state index is -0.378. The van der Waals surface area contributed by atoms with Gasteiger partial charge in [-0.15, -0.1) is 0 Å². The maximum atomic E-state index is 13.0. The third-order valence-corrected chi connectivity index (χ3v) is 3.77. The zero-order valence-corrected chi connectivity index (χ0v) is 10.5. The van der Waals surface area contributed by atoms with Gasteiger partial charge >= 0.3 is 0 Å². The van der Waals surface area contributed by atoms with Gasteiger partial charge in [-0.1, -0.05) is 24.4 Å². The number of halogens is 2. The number of rotatable bonds is 3. The number of hydrogen-bond donors (Lipinski definition) is 2. The molecule has 0 heterocycles. The van der Waals surface area contributed by atoms with E-state index >= 15 is 0 Å². The Morgan fingerprint density at radius 1 is 1.35 bits per heavy atom. The fourth-order valence-corrected chi connectivity index (χ4v) is 2.66. The van der Waals surface area contributed by atoms with Crippen molar-refractivity contribution in [2.75, 3.05) is 11.9 Å². The number of nitrogens with two attached hydrogens (primary N) is 1. The van der Waals surface area contributed by atoms with Gasteiger partial charge in [-0.25, -0.2) is 4.39 Å². The number of nitrogens with one attached hydrogen (secondary N) is 1. The zero-order valence-electron chi connectivity index (χ0n) is 9.76. The lowest BCUT2D eigenvalue weighted by Crippen LogP contribution is -2.36. The van der Waals surface area contributed by atoms with E-state index in [1.54, 1.807) is 12.1 Å². The van der Waals surface area contributed by atoms with Gasteiger partial charge < -0.3 is 11.1 Å². The molecular weight excluding hydrogens is 239 g/mol. The normalized spacial score (nSPS) is 24.6. The van der Waals surface area contributed by atoms with E-state index in [0.717, 1.165) is 12.1 Å². The first-order valence-corrected chi connectivity index (χ1v) is 6.50. The van der Waals surface area contributed by atoms with Crippen molar-refractivity contribution in [3.63, 3.8) is 0 Å². The van der Waals surface area contributed by atoms with Crippen LogP contribution in [-0.2, 0) is 0 Å². The predicted octanol–water partition coefficient (Wildman–Crippen LogP) is 3.41. The molecule has 0 bridgehead atoms. The fraction of sp³-hybridized carbons (Fsp3) is 0.538. The smallest absolute Gasteiger partial charge is 0.141 e. The molecule has 1 aromatic carbocycles. The molecule has 2 nitrogen and oxygen atoms in total.